The molecular weight excluding hydrogens is 232 g/mol. The molecular formula is C17H20N2. The van der Waals surface area contributed by atoms with Crippen LogP contribution in [0.5, 0.6) is 0 Å². The Kier molecular flexibility index (Phi) is 3.41. The summed E-state index contributed by atoms with van der Waals surface area (Å²) in [4.78, 5) is 2.47. The average molecular weight is 252 g/mol. The fraction of sp³-hybridized carbons (Fsp3) is 0.294. The van der Waals surface area contributed by atoms with E-state index in [9.17, 15) is 0 Å². The highest BCUT2D eigenvalue weighted by Gasteiger charge is 2.17. The van der Waals surface area contributed by atoms with Gasteiger partial charge in [0.25, 0.3) is 0 Å². The molecule has 0 fully saturated rings. The topological polar surface area (TPSA) is 29.3 Å². The first-order valence-electron chi connectivity index (χ1n) is 7.01. The van der Waals surface area contributed by atoms with Gasteiger partial charge in [0.15, 0.2) is 0 Å². The van der Waals surface area contributed by atoms with Crippen LogP contribution in [0.15, 0.2) is 48.5 Å². The Morgan fingerprint density at radius 3 is 2.68 bits per heavy atom. The van der Waals surface area contributed by atoms with Gasteiger partial charge in [0, 0.05) is 24.5 Å². The second-order valence-electron chi connectivity index (χ2n) is 5.17. The fourth-order valence-corrected chi connectivity index (χ4v) is 2.87. The maximum atomic E-state index is 6.08. The highest BCUT2D eigenvalue weighted by Crippen LogP contribution is 2.31. The Balaban J connectivity index is 1.75. The van der Waals surface area contributed by atoms with E-state index in [0.717, 1.165) is 31.6 Å². The second-order valence-corrected chi connectivity index (χ2v) is 5.17. The maximum absolute atomic E-state index is 6.08. The van der Waals surface area contributed by atoms with Crippen molar-refractivity contribution < 1.29 is 0 Å². The van der Waals surface area contributed by atoms with Crippen molar-refractivity contribution in [3.63, 3.8) is 0 Å². The third kappa shape index (κ3) is 2.58. The third-order valence-electron chi connectivity index (χ3n) is 3.90. The zero-order valence-electron chi connectivity index (χ0n) is 11.2. The lowest BCUT2D eigenvalue weighted by molar-refractivity contribution is 0.689. The standard InChI is InChI=1S/C17H20N2/c18-16-9-4-10-17-15(16)8-5-12-19(17)13-11-14-6-2-1-3-7-14/h1-4,6-7,9-10H,5,8,11-13,18H2. The van der Waals surface area contributed by atoms with Gasteiger partial charge in [-0.1, -0.05) is 36.4 Å². The minimum absolute atomic E-state index is 0.946. The molecule has 0 saturated carbocycles. The Hall–Kier alpha value is -1.96. The van der Waals surface area contributed by atoms with Gasteiger partial charge in [-0.2, -0.15) is 0 Å². The van der Waals surface area contributed by atoms with E-state index in [0.29, 0.717) is 0 Å². The summed E-state index contributed by atoms with van der Waals surface area (Å²) in [5.41, 5.74) is 11.1. The van der Waals surface area contributed by atoms with Crippen molar-refractivity contribution in [2.75, 3.05) is 23.7 Å². The number of nitrogens with two attached hydrogens (primary N) is 1. The molecule has 2 N–H and O–H groups in total. The molecule has 0 aliphatic carbocycles. The first kappa shape index (κ1) is 12.1. The summed E-state index contributed by atoms with van der Waals surface area (Å²) in [5.74, 6) is 0. The van der Waals surface area contributed by atoms with Crippen molar-refractivity contribution in [3.05, 3.63) is 59.7 Å². The minimum Gasteiger partial charge on any atom is -0.398 e. The zero-order valence-corrected chi connectivity index (χ0v) is 11.2. The van der Waals surface area contributed by atoms with Crippen LogP contribution in [0, 0.1) is 0 Å². The first-order chi connectivity index (χ1) is 9.34. The molecule has 2 aromatic carbocycles. The summed E-state index contributed by atoms with van der Waals surface area (Å²) in [6, 6.07) is 17.0. The molecule has 0 atom stereocenters. The summed E-state index contributed by atoms with van der Waals surface area (Å²) >= 11 is 0. The number of anilines is 2. The van der Waals surface area contributed by atoms with E-state index in [1.165, 1.54) is 23.2 Å². The van der Waals surface area contributed by atoms with Gasteiger partial charge in [-0.25, -0.2) is 0 Å². The molecule has 1 aliphatic heterocycles. The molecule has 3 rings (SSSR count). The molecule has 2 heteroatoms. The van der Waals surface area contributed by atoms with Crippen LogP contribution in [0.2, 0.25) is 0 Å². The highest BCUT2D eigenvalue weighted by atomic mass is 15.1. The number of hydrogen-bond acceptors (Lipinski definition) is 2. The van der Waals surface area contributed by atoms with E-state index in [2.05, 4.69) is 47.4 Å². The molecule has 0 bridgehead atoms. The van der Waals surface area contributed by atoms with Crippen molar-refractivity contribution in [2.24, 2.45) is 0 Å². The SMILES string of the molecule is Nc1cccc2c1CCCN2CCc1ccccc1. The molecule has 98 valence electrons. The average Bonchev–Trinajstić information content (AvgIpc) is 2.47. The van der Waals surface area contributed by atoms with Crippen LogP contribution in [-0.2, 0) is 12.8 Å². The van der Waals surface area contributed by atoms with Gasteiger partial charge in [-0.3, -0.25) is 0 Å². The number of rotatable bonds is 3. The van der Waals surface area contributed by atoms with Crippen LogP contribution in [0.3, 0.4) is 0 Å². The molecule has 1 heterocycles. The second kappa shape index (κ2) is 5.35. The molecule has 0 unspecified atom stereocenters. The number of fused-ring (bicyclic) bond motifs is 1. The molecule has 0 saturated heterocycles. The summed E-state index contributed by atoms with van der Waals surface area (Å²) in [6.07, 6.45) is 3.41. The molecule has 0 amide bonds. The third-order valence-corrected chi connectivity index (χ3v) is 3.90. The number of hydrogen-bond donors (Lipinski definition) is 1. The van der Waals surface area contributed by atoms with E-state index in [1.807, 2.05) is 6.07 Å². The van der Waals surface area contributed by atoms with Crippen molar-refractivity contribution in [2.45, 2.75) is 19.3 Å². The number of benzene rings is 2. The molecule has 0 radical (unpaired) electrons. The number of nitrogen functional groups attached to an aromatic ring is 1. The van der Waals surface area contributed by atoms with Crippen LogP contribution in [-0.4, -0.2) is 13.1 Å². The predicted molar refractivity (Wildman–Crippen MR) is 81.5 cm³/mol. The van der Waals surface area contributed by atoms with Crippen LogP contribution >= 0.6 is 0 Å². The molecule has 1 aliphatic rings. The van der Waals surface area contributed by atoms with Crippen molar-refractivity contribution >= 4 is 11.4 Å². The summed E-state index contributed by atoms with van der Waals surface area (Å²) in [7, 11) is 0. The lowest BCUT2D eigenvalue weighted by Gasteiger charge is -2.32. The van der Waals surface area contributed by atoms with E-state index in [-0.39, 0.29) is 0 Å². The monoisotopic (exact) mass is 252 g/mol. The van der Waals surface area contributed by atoms with E-state index in [4.69, 9.17) is 5.73 Å². The number of nitrogens with zero attached hydrogens (tertiary/aromatic N) is 1. The predicted octanol–water partition coefficient (Wildman–Crippen LogP) is 3.26. The van der Waals surface area contributed by atoms with Gasteiger partial charge in [0.2, 0.25) is 0 Å². The Morgan fingerprint density at radius 1 is 1.00 bits per heavy atom. The molecule has 0 aromatic heterocycles. The Morgan fingerprint density at radius 2 is 1.84 bits per heavy atom. The summed E-state index contributed by atoms with van der Waals surface area (Å²) in [6.45, 7) is 2.21. The fourth-order valence-electron chi connectivity index (χ4n) is 2.87. The quantitative estimate of drug-likeness (QED) is 0.850. The molecule has 2 aromatic rings. The lowest BCUT2D eigenvalue weighted by Crippen LogP contribution is -2.31. The van der Waals surface area contributed by atoms with Gasteiger partial charge in [0.1, 0.15) is 0 Å². The van der Waals surface area contributed by atoms with Crippen LogP contribution < -0.4 is 10.6 Å². The van der Waals surface area contributed by atoms with Gasteiger partial charge >= 0.3 is 0 Å². The van der Waals surface area contributed by atoms with Gasteiger partial charge in [0.05, 0.1) is 0 Å². The van der Waals surface area contributed by atoms with Gasteiger partial charge in [-0.15, -0.1) is 0 Å². The smallest absolute Gasteiger partial charge is 0.0419 e. The van der Waals surface area contributed by atoms with Crippen molar-refractivity contribution in [3.8, 4) is 0 Å². The Bertz CT molecular complexity index is 548. The molecule has 2 nitrogen and oxygen atoms in total. The Labute approximate surface area is 114 Å². The summed E-state index contributed by atoms with van der Waals surface area (Å²) in [5, 5.41) is 0. The van der Waals surface area contributed by atoms with E-state index < -0.39 is 0 Å². The molecule has 19 heavy (non-hydrogen) atoms. The zero-order chi connectivity index (χ0) is 13.1. The van der Waals surface area contributed by atoms with E-state index >= 15 is 0 Å². The normalized spacial score (nSPS) is 14.2. The summed E-state index contributed by atoms with van der Waals surface area (Å²) < 4.78 is 0. The first-order valence-corrected chi connectivity index (χ1v) is 7.01. The van der Waals surface area contributed by atoms with E-state index in [1.54, 1.807) is 0 Å². The highest BCUT2D eigenvalue weighted by molar-refractivity contribution is 5.66. The van der Waals surface area contributed by atoms with Gasteiger partial charge < -0.3 is 10.6 Å². The maximum Gasteiger partial charge on any atom is 0.0419 e. The van der Waals surface area contributed by atoms with Gasteiger partial charge in [-0.05, 0) is 42.5 Å². The largest absolute Gasteiger partial charge is 0.398 e. The molecule has 0 spiro atoms. The van der Waals surface area contributed by atoms with Crippen molar-refractivity contribution in [1.82, 2.24) is 0 Å². The van der Waals surface area contributed by atoms with Crippen LogP contribution in [0.4, 0.5) is 11.4 Å². The van der Waals surface area contributed by atoms with Crippen LogP contribution in [0.1, 0.15) is 17.5 Å². The van der Waals surface area contributed by atoms with Crippen LogP contribution in [0.25, 0.3) is 0 Å². The minimum atomic E-state index is 0.946. The van der Waals surface area contributed by atoms with Crippen molar-refractivity contribution in [1.29, 1.82) is 0 Å². The lowest BCUT2D eigenvalue weighted by atomic mass is 9.99.